The maximum absolute atomic E-state index is 12.0. The Hall–Kier alpha value is -1.17. The average Bonchev–Trinajstić information content (AvgIpc) is 3.06. The van der Waals surface area contributed by atoms with E-state index in [2.05, 4.69) is 5.32 Å². The van der Waals surface area contributed by atoms with E-state index in [0.717, 1.165) is 17.7 Å². The van der Waals surface area contributed by atoms with E-state index in [9.17, 15) is 18.0 Å². The molecule has 1 aromatic carbocycles. The van der Waals surface area contributed by atoms with Gasteiger partial charge in [0.15, 0.2) is 0 Å². The Labute approximate surface area is 113 Å². The topological polar surface area (TPSA) is 29.1 Å². The molecule has 2 rings (SSSR count). The highest BCUT2D eigenvalue weighted by molar-refractivity contribution is 8.01. The molecule has 104 valence electrons. The number of amides is 1. The Morgan fingerprint density at radius 1 is 1.26 bits per heavy atom. The number of alkyl halides is 3. The molecule has 2 nitrogen and oxygen atoms in total. The van der Waals surface area contributed by atoms with Crippen LogP contribution in [0.5, 0.6) is 0 Å². The fourth-order valence-corrected chi connectivity index (χ4v) is 2.94. The second-order valence-electron chi connectivity index (χ2n) is 4.67. The SMILES string of the molecule is O=C(CC(F)(F)F)NCC1(Sc2ccccc2)CC1. The van der Waals surface area contributed by atoms with Gasteiger partial charge in [0.1, 0.15) is 6.42 Å². The van der Waals surface area contributed by atoms with E-state index in [-0.39, 0.29) is 4.75 Å². The molecule has 0 heterocycles. The maximum Gasteiger partial charge on any atom is 0.397 e. The van der Waals surface area contributed by atoms with Gasteiger partial charge in [0.2, 0.25) is 5.91 Å². The Morgan fingerprint density at radius 2 is 1.89 bits per heavy atom. The molecule has 0 unspecified atom stereocenters. The van der Waals surface area contributed by atoms with Gasteiger partial charge in [-0.05, 0) is 25.0 Å². The van der Waals surface area contributed by atoms with Gasteiger partial charge in [-0.15, -0.1) is 11.8 Å². The number of hydrogen-bond donors (Lipinski definition) is 1. The quantitative estimate of drug-likeness (QED) is 0.900. The van der Waals surface area contributed by atoms with E-state index in [4.69, 9.17) is 0 Å². The zero-order chi connectivity index (χ0) is 13.9. The molecular weight excluding hydrogens is 275 g/mol. The standard InChI is InChI=1S/C13H14F3NOS/c14-13(15,16)8-11(18)17-9-12(6-7-12)19-10-4-2-1-3-5-10/h1-5H,6-9H2,(H,17,18). The highest BCUT2D eigenvalue weighted by Gasteiger charge is 2.44. The van der Waals surface area contributed by atoms with Gasteiger partial charge in [0.25, 0.3) is 0 Å². The third-order valence-corrected chi connectivity index (χ3v) is 4.35. The fraction of sp³-hybridized carbons (Fsp3) is 0.462. The molecular formula is C13H14F3NOS. The van der Waals surface area contributed by atoms with E-state index in [1.165, 1.54) is 0 Å². The molecule has 1 aliphatic rings. The van der Waals surface area contributed by atoms with Gasteiger partial charge < -0.3 is 5.32 Å². The highest BCUT2D eigenvalue weighted by Crippen LogP contribution is 2.51. The van der Waals surface area contributed by atoms with E-state index < -0.39 is 18.5 Å². The number of benzene rings is 1. The van der Waals surface area contributed by atoms with Crippen LogP contribution in [-0.2, 0) is 4.79 Å². The van der Waals surface area contributed by atoms with Crippen LogP contribution in [0.1, 0.15) is 19.3 Å². The molecule has 0 saturated heterocycles. The summed E-state index contributed by atoms with van der Waals surface area (Å²) in [7, 11) is 0. The van der Waals surface area contributed by atoms with Crippen molar-refractivity contribution < 1.29 is 18.0 Å². The van der Waals surface area contributed by atoms with Crippen molar-refractivity contribution in [3.63, 3.8) is 0 Å². The number of rotatable bonds is 5. The minimum atomic E-state index is -4.44. The first-order valence-electron chi connectivity index (χ1n) is 5.96. The second-order valence-corrected chi connectivity index (χ2v) is 6.21. The van der Waals surface area contributed by atoms with Crippen molar-refractivity contribution in [1.82, 2.24) is 5.32 Å². The fourth-order valence-electron chi connectivity index (χ4n) is 1.70. The van der Waals surface area contributed by atoms with Gasteiger partial charge in [0, 0.05) is 16.2 Å². The molecule has 0 spiro atoms. The maximum atomic E-state index is 12.0. The first kappa shape index (κ1) is 14.2. The molecule has 1 fully saturated rings. The summed E-state index contributed by atoms with van der Waals surface area (Å²) in [5.41, 5.74) is 0. The minimum absolute atomic E-state index is 0.122. The summed E-state index contributed by atoms with van der Waals surface area (Å²) in [5, 5.41) is 2.38. The van der Waals surface area contributed by atoms with Crippen molar-refractivity contribution in [3.05, 3.63) is 30.3 Å². The Bertz CT molecular complexity index is 443. The van der Waals surface area contributed by atoms with Crippen LogP contribution in [0.4, 0.5) is 13.2 Å². The molecule has 1 saturated carbocycles. The summed E-state index contributed by atoms with van der Waals surface area (Å²) >= 11 is 1.62. The third-order valence-electron chi connectivity index (χ3n) is 2.85. The summed E-state index contributed by atoms with van der Waals surface area (Å²) in [6.45, 7) is 0.293. The van der Waals surface area contributed by atoms with Crippen LogP contribution >= 0.6 is 11.8 Å². The summed E-state index contributed by atoms with van der Waals surface area (Å²) in [6, 6.07) is 9.67. The van der Waals surface area contributed by atoms with Crippen LogP contribution in [0.3, 0.4) is 0 Å². The molecule has 1 N–H and O–H groups in total. The molecule has 1 aliphatic carbocycles. The van der Waals surface area contributed by atoms with Gasteiger partial charge in [-0.25, -0.2) is 0 Å². The first-order valence-corrected chi connectivity index (χ1v) is 6.78. The summed E-state index contributed by atoms with van der Waals surface area (Å²) in [5.74, 6) is -0.951. The van der Waals surface area contributed by atoms with Crippen molar-refractivity contribution in [3.8, 4) is 0 Å². The zero-order valence-electron chi connectivity index (χ0n) is 10.2. The van der Waals surface area contributed by atoms with Gasteiger partial charge >= 0.3 is 6.18 Å². The molecule has 6 heteroatoms. The number of halogens is 3. The third kappa shape index (κ3) is 4.78. The van der Waals surface area contributed by atoms with Gasteiger partial charge in [-0.2, -0.15) is 13.2 Å². The molecule has 0 radical (unpaired) electrons. The molecule has 0 aromatic heterocycles. The van der Waals surface area contributed by atoms with Crippen LogP contribution in [0.25, 0.3) is 0 Å². The molecule has 0 bridgehead atoms. The van der Waals surface area contributed by atoms with Crippen molar-refractivity contribution in [1.29, 1.82) is 0 Å². The number of thioether (sulfide) groups is 1. The van der Waals surface area contributed by atoms with Crippen LogP contribution in [-0.4, -0.2) is 23.4 Å². The highest BCUT2D eigenvalue weighted by atomic mass is 32.2. The Kier molecular flexibility index (Phi) is 4.08. The van der Waals surface area contributed by atoms with Crippen LogP contribution in [0.2, 0.25) is 0 Å². The second kappa shape index (κ2) is 5.45. The average molecular weight is 289 g/mol. The number of carbonyl (C=O) groups is 1. The normalized spacial score (nSPS) is 17.0. The minimum Gasteiger partial charge on any atom is -0.354 e. The summed E-state index contributed by atoms with van der Waals surface area (Å²) < 4.78 is 35.9. The van der Waals surface area contributed by atoms with Crippen molar-refractivity contribution in [2.75, 3.05) is 6.54 Å². The zero-order valence-corrected chi connectivity index (χ0v) is 11.0. The lowest BCUT2D eigenvalue weighted by Crippen LogP contribution is -2.34. The van der Waals surface area contributed by atoms with E-state index in [1.54, 1.807) is 11.8 Å². The molecule has 1 aromatic rings. The summed E-state index contributed by atoms with van der Waals surface area (Å²) in [6.07, 6.45) is -4.01. The molecule has 0 aliphatic heterocycles. The van der Waals surface area contributed by atoms with Crippen LogP contribution in [0.15, 0.2) is 35.2 Å². The van der Waals surface area contributed by atoms with Crippen molar-refractivity contribution >= 4 is 17.7 Å². The van der Waals surface area contributed by atoms with E-state index >= 15 is 0 Å². The molecule has 19 heavy (non-hydrogen) atoms. The Morgan fingerprint density at radius 3 is 2.42 bits per heavy atom. The van der Waals surface area contributed by atoms with Gasteiger partial charge in [-0.3, -0.25) is 4.79 Å². The number of nitrogens with one attached hydrogen (secondary N) is 1. The van der Waals surface area contributed by atoms with E-state index in [1.807, 2.05) is 30.3 Å². The molecule has 1 amide bonds. The lowest BCUT2D eigenvalue weighted by Gasteiger charge is -2.16. The molecule has 0 atom stereocenters. The lowest BCUT2D eigenvalue weighted by atomic mass is 10.3. The predicted molar refractivity (Wildman–Crippen MR) is 67.9 cm³/mol. The van der Waals surface area contributed by atoms with Crippen molar-refractivity contribution in [2.24, 2.45) is 0 Å². The van der Waals surface area contributed by atoms with Crippen molar-refractivity contribution in [2.45, 2.75) is 35.1 Å². The first-order chi connectivity index (χ1) is 8.89. The van der Waals surface area contributed by atoms with Crippen LogP contribution in [0, 0.1) is 0 Å². The van der Waals surface area contributed by atoms with Crippen LogP contribution < -0.4 is 5.32 Å². The van der Waals surface area contributed by atoms with Gasteiger partial charge in [-0.1, -0.05) is 18.2 Å². The predicted octanol–water partition coefficient (Wildman–Crippen LogP) is 3.38. The summed E-state index contributed by atoms with van der Waals surface area (Å²) in [4.78, 5) is 12.2. The lowest BCUT2D eigenvalue weighted by molar-refractivity contribution is -0.153. The number of hydrogen-bond acceptors (Lipinski definition) is 2. The van der Waals surface area contributed by atoms with E-state index in [0.29, 0.717) is 6.54 Å². The Balaban J connectivity index is 1.81. The smallest absolute Gasteiger partial charge is 0.354 e. The number of carbonyl (C=O) groups excluding carboxylic acids is 1. The monoisotopic (exact) mass is 289 g/mol. The largest absolute Gasteiger partial charge is 0.397 e. The van der Waals surface area contributed by atoms with Gasteiger partial charge in [0.05, 0.1) is 0 Å².